The minimum Gasteiger partial charge on any atom is -0.326 e. The summed E-state index contributed by atoms with van der Waals surface area (Å²) in [4.78, 5) is 13.8. The van der Waals surface area contributed by atoms with Crippen LogP contribution < -0.4 is 5.32 Å². The van der Waals surface area contributed by atoms with E-state index >= 15 is 0 Å². The highest BCUT2D eigenvalue weighted by Crippen LogP contribution is 2.10. The average molecular weight is 245 g/mol. The van der Waals surface area contributed by atoms with Crippen LogP contribution >= 0.6 is 0 Å². The van der Waals surface area contributed by atoms with Crippen LogP contribution in [0.4, 0.5) is 5.69 Å². The monoisotopic (exact) mass is 245 g/mol. The second kappa shape index (κ2) is 7.46. The molecule has 0 unspecified atom stereocenters. The molecule has 0 aliphatic rings. The van der Waals surface area contributed by atoms with E-state index in [1.165, 1.54) is 0 Å². The van der Waals surface area contributed by atoms with Crippen LogP contribution in [0.2, 0.25) is 0 Å². The molecule has 0 fully saturated rings. The molecule has 0 atom stereocenters. The Kier molecular flexibility index (Phi) is 5.89. The van der Waals surface area contributed by atoms with Gasteiger partial charge in [-0.1, -0.05) is 13.0 Å². The second-order valence-electron chi connectivity index (χ2n) is 4.29. The standard InChI is InChI=1S/C14H19N3O/c1-3-8-17(2)9-7-14(18)16-13-6-4-5-12(10-13)11-15/h4-6,10H,3,7-9H2,1-2H3,(H,16,18). The Balaban J connectivity index is 2.42. The number of carbonyl (C=O) groups excluding carboxylic acids is 1. The molecule has 1 amide bonds. The SMILES string of the molecule is CCCN(C)CCC(=O)Nc1cccc(C#N)c1. The lowest BCUT2D eigenvalue weighted by molar-refractivity contribution is -0.116. The fourth-order valence-electron chi connectivity index (χ4n) is 1.68. The van der Waals surface area contributed by atoms with Crippen molar-refractivity contribution < 1.29 is 4.79 Å². The molecule has 0 heterocycles. The maximum Gasteiger partial charge on any atom is 0.225 e. The first kappa shape index (κ1) is 14.2. The molecule has 0 aromatic heterocycles. The van der Waals surface area contributed by atoms with Gasteiger partial charge in [-0.05, 0) is 38.2 Å². The lowest BCUT2D eigenvalue weighted by Crippen LogP contribution is -2.24. The van der Waals surface area contributed by atoms with Crippen LogP contribution in [-0.2, 0) is 4.79 Å². The van der Waals surface area contributed by atoms with Crippen LogP contribution in [0.25, 0.3) is 0 Å². The molecular formula is C14H19N3O. The van der Waals surface area contributed by atoms with Crippen LogP contribution in [0.1, 0.15) is 25.3 Å². The highest BCUT2D eigenvalue weighted by atomic mass is 16.1. The van der Waals surface area contributed by atoms with Gasteiger partial charge in [-0.25, -0.2) is 0 Å². The molecule has 0 saturated carbocycles. The molecule has 0 saturated heterocycles. The Hall–Kier alpha value is -1.86. The van der Waals surface area contributed by atoms with Crippen LogP contribution in [0, 0.1) is 11.3 Å². The molecule has 4 heteroatoms. The van der Waals surface area contributed by atoms with E-state index < -0.39 is 0 Å². The Morgan fingerprint density at radius 2 is 2.22 bits per heavy atom. The number of benzene rings is 1. The predicted molar refractivity (Wildman–Crippen MR) is 72.2 cm³/mol. The van der Waals surface area contributed by atoms with Gasteiger partial charge in [0.15, 0.2) is 0 Å². The highest BCUT2D eigenvalue weighted by Gasteiger charge is 2.05. The highest BCUT2D eigenvalue weighted by molar-refractivity contribution is 5.90. The summed E-state index contributed by atoms with van der Waals surface area (Å²) in [5.74, 6) is -0.0203. The summed E-state index contributed by atoms with van der Waals surface area (Å²) in [5, 5.41) is 11.6. The number of nitrogens with one attached hydrogen (secondary N) is 1. The van der Waals surface area contributed by atoms with Crippen molar-refractivity contribution in [2.75, 3.05) is 25.5 Å². The van der Waals surface area contributed by atoms with Crippen molar-refractivity contribution in [2.24, 2.45) is 0 Å². The van der Waals surface area contributed by atoms with Crippen molar-refractivity contribution in [3.63, 3.8) is 0 Å². The van der Waals surface area contributed by atoms with Crippen molar-refractivity contribution in [1.29, 1.82) is 5.26 Å². The third kappa shape index (κ3) is 4.98. The van der Waals surface area contributed by atoms with Crippen molar-refractivity contribution >= 4 is 11.6 Å². The van der Waals surface area contributed by atoms with Crippen LogP contribution in [0.15, 0.2) is 24.3 Å². The number of amides is 1. The van der Waals surface area contributed by atoms with Crippen molar-refractivity contribution in [3.8, 4) is 6.07 Å². The van der Waals surface area contributed by atoms with E-state index in [2.05, 4.69) is 17.1 Å². The number of rotatable bonds is 6. The first-order valence-corrected chi connectivity index (χ1v) is 6.14. The van der Waals surface area contributed by atoms with E-state index in [1.807, 2.05) is 13.1 Å². The third-order valence-corrected chi connectivity index (χ3v) is 2.60. The summed E-state index contributed by atoms with van der Waals surface area (Å²) in [5.41, 5.74) is 1.23. The number of hydrogen-bond acceptors (Lipinski definition) is 3. The van der Waals surface area contributed by atoms with Gasteiger partial charge in [0.2, 0.25) is 5.91 Å². The maximum atomic E-state index is 11.7. The Morgan fingerprint density at radius 3 is 2.89 bits per heavy atom. The summed E-state index contributed by atoms with van der Waals surface area (Å²) in [6, 6.07) is 8.98. The van der Waals surface area contributed by atoms with E-state index in [0.29, 0.717) is 17.7 Å². The lowest BCUT2D eigenvalue weighted by atomic mass is 10.2. The zero-order chi connectivity index (χ0) is 13.4. The average Bonchev–Trinajstić information content (AvgIpc) is 2.37. The van der Waals surface area contributed by atoms with Gasteiger partial charge in [-0.15, -0.1) is 0 Å². The van der Waals surface area contributed by atoms with E-state index in [0.717, 1.165) is 19.5 Å². The van der Waals surface area contributed by atoms with Gasteiger partial charge in [0.25, 0.3) is 0 Å². The lowest BCUT2D eigenvalue weighted by Gasteiger charge is -2.14. The molecule has 0 radical (unpaired) electrons. The van der Waals surface area contributed by atoms with Crippen LogP contribution in [0.3, 0.4) is 0 Å². The number of hydrogen-bond donors (Lipinski definition) is 1. The minimum atomic E-state index is -0.0203. The van der Waals surface area contributed by atoms with Crippen molar-refractivity contribution in [1.82, 2.24) is 4.90 Å². The van der Waals surface area contributed by atoms with E-state index in [1.54, 1.807) is 24.3 Å². The molecule has 1 aromatic rings. The number of carbonyl (C=O) groups is 1. The topological polar surface area (TPSA) is 56.1 Å². The van der Waals surface area contributed by atoms with Crippen LogP contribution in [-0.4, -0.2) is 30.9 Å². The number of nitriles is 1. The zero-order valence-corrected chi connectivity index (χ0v) is 10.9. The van der Waals surface area contributed by atoms with Crippen LogP contribution in [0.5, 0.6) is 0 Å². The van der Waals surface area contributed by atoms with Gasteiger partial charge in [0, 0.05) is 18.7 Å². The smallest absolute Gasteiger partial charge is 0.225 e. The fraction of sp³-hybridized carbons (Fsp3) is 0.429. The molecule has 1 rings (SSSR count). The Bertz CT molecular complexity index is 437. The van der Waals surface area contributed by atoms with Crippen molar-refractivity contribution in [2.45, 2.75) is 19.8 Å². The molecule has 0 spiro atoms. The van der Waals surface area contributed by atoms with Gasteiger partial charge >= 0.3 is 0 Å². The zero-order valence-electron chi connectivity index (χ0n) is 10.9. The van der Waals surface area contributed by atoms with Gasteiger partial charge in [-0.3, -0.25) is 4.79 Å². The quantitative estimate of drug-likeness (QED) is 0.836. The number of nitrogens with zero attached hydrogens (tertiary/aromatic N) is 2. The molecule has 0 bridgehead atoms. The molecule has 0 aliphatic heterocycles. The van der Waals surface area contributed by atoms with Gasteiger partial charge in [-0.2, -0.15) is 5.26 Å². The summed E-state index contributed by atoms with van der Waals surface area (Å²) in [6.45, 7) is 3.86. The van der Waals surface area contributed by atoms with E-state index in [-0.39, 0.29) is 5.91 Å². The summed E-state index contributed by atoms with van der Waals surface area (Å²) in [7, 11) is 2.01. The third-order valence-electron chi connectivity index (χ3n) is 2.60. The van der Waals surface area contributed by atoms with Gasteiger partial charge < -0.3 is 10.2 Å². The second-order valence-corrected chi connectivity index (χ2v) is 4.29. The first-order valence-electron chi connectivity index (χ1n) is 6.14. The largest absolute Gasteiger partial charge is 0.326 e. The maximum absolute atomic E-state index is 11.7. The molecule has 1 N–H and O–H groups in total. The molecule has 1 aromatic carbocycles. The minimum absolute atomic E-state index is 0.0203. The number of anilines is 1. The summed E-state index contributed by atoms with van der Waals surface area (Å²) in [6.07, 6.45) is 1.55. The molecule has 96 valence electrons. The van der Waals surface area contributed by atoms with Gasteiger partial charge in [0.1, 0.15) is 0 Å². The van der Waals surface area contributed by atoms with Gasteiger partial charge in [0.05, 0.1) is 11.6 Å². The van der Waals surface area contributed by atoms with Crippen molar-refractivity contribution in [3.05, 3.63) is 29.8 Å². The molecule has 0 aliphatic carbocycles. The summed E-state index contributed by atoms with van der Waals surface area (Å²) >= 11 is 0. The fourth-order valence-corrected chi connectivity index (χ4v) is 1.68. The van der Waals surface area contributed by atoms with E-state index in [9.17, 15) is 4.79 Å². The molecule has 18 heavy (non-hydrogen) atoms. The first-order chi connectivity index (χ1) is 8.65. The molecular weight excluding hydrogens is 226 g/mol. The summed E-state index contributed by atoms with van der Waals surface area (Å²) < 4.78 is 0. The normalized spacial score (nSPS) is 10.1. The Labute approximate surface area is 108 Å². The van der Waals surface area contributed by atoms with E-state index in [4.69, 9.17) is 5.26 Å². The Morgan fingerprint density at radius 1 is 1.44 bits per heavy atom. The molecule has 4 nitrogen and oxygen atoms in total. The predicted octanol–water partition coefficient (Wildman–Crippen LogP) is 2.23.